The van der Waals surface area contributed by atoms with Crippen LogP contribution in [-0.2, 0) is 9.53 Å². The number of amides is 1. The lowest BCUT2D eigenvalue weighted by Gasteiger charge is -2.28. The number of nitrogens with zero attached hydrogens (tertiary/aromatic N) is 6. The maximum absolute atomic E-state index is 13.2. The first-order valence-corrected chi connectivity index (χ1v) is 13.5. The van der Waals surface area contributed by atoms with E-state index in [1.807, 2.05) is 42.5 Å². The van der Waals surface area contributed by atoms with Crippen LogP contribution in [0.4, 0.5) is 31.1 Å². The molecule has 13 heteroatoms. The molecule has 5 rings (SSSR count). The Kier molecular flexibility index (Phi) is 8.71. The van der Waals surface area contributed by atoms with Crippen molar-refractivity contribution in [2.75, 3.05) is 34.8 Å². The van der Waals surface area contributed by atoms with Crippen molar-refractivity contribution in [2.45, 2.75) is 32.1 Å². The predicted octanol–water partition coefficient (Wildman–Crippen LogP) is 5.06. The van der Waals surface area contributed by atoms with E-state index >= 15 is 0 Å². The average molecular weight is 568 g/mol. The smallest absolute Gasteiger partial charge is 0.387 e. The Morgan fingerprint density at radius 2 is 1.98 bits per heavy atom. The van der Waals surface area contributed by atoms with Crippen molar-refractivity contribution < 1.29 is 23.0 Å². The van der Waals surface area contributed by atoms with Gasteiger partial charge in [0, 0.05) is 43.3 Å². The summed E-state index contributed by atoms with van der Waals surface area (Å²) in [7, 11) is 0. The predicted molar refractivity (Wildman–Crippen MR) is 147 cm³/mol. The molecule has 3 heterocycles. The number of anilines is 4. The second-order valence-corrected chi connectivity index (χ2v) is 9.82. The molecule has 1 saturated heterocycles. The fourth-order valence-corrected chi connectivity index (χ4v) is 5.49. The van der Waals surface area contributed by atoms with Crippen molar-refractivity contribution in [2.24, 2.45) is 0 Å². The molecule has 2 aromatic carbocycles. The van der Waals surface area contributed by atoms with Gasteiger partial charge in [-0.15, -0.1) is 15.3 Å². The van der Waals surface area contributed by atoms with Crippen LogP contribution >= 0.6 is 11.3 Å². The van der Waals surface area contributed by atoms with Gasteiger partial charge in [-0.2, -0.15) is 13.9 Å². The fourth-order valence-electron chi connectivity index (χ4n) is 4.50. The van der Waals surface area contributed by atoms with E-state index in [-0.39, 0.29) is 18.4 Å². The number of halogens is 2. The van der Waals surface area contributed by atoms with Crippen molar-refractivity contribution in [3.63, 3.8) is 0 Å². The number of carbonyl (C=O) groups excluding carboxylic acids is 1. The van der Waals surface area contributed by atoms with E-state index in [2.05, 4.69) is 40.2 Å². The Bertz CT molecular complexity index is 1400. The van der Waals surface area contributed by atoms with Crippen LogP contribution in [0.15, 0.2) is 72.9 Å². The van der Waals surface area contributed by atoms with E-state index in [1.54, 1.807) is 19.2 Å². The van der Waals surface area contributed by atoms with Crippen LogP contribution < -0.4 is 19.9 Å². The van der Waals surface area contributed by atoms with E-state index in [9.17, 15) is 13.6 Å². The van der Waals surface area contributed by atoms with Gasteiger partial charge in [0.2, 0.25) is 5.13 Å². The molecule has 40 heavy (non-hydrogen) atoms. The summed E-state index contributed by atoms with van der Waals surface area (Å²) >= 11 is 1.27. The number of benzene rings is 2. The van der Waals surface area contributed by atoms with Crippen LogP contribution in [0.3, 0.4) is 0 Å². The van der Waals surface area contributed by atoms with Gasteiger partial charge < -0.3 is 24.6 Å². The van der Waals surface area contributed by atoms with E-state index in [0.717, 1.165) is 24.5 Å². The Balaban J connectivity index is 1.38. The summed E-state index contributed by atoms with van der Waals surface area (Å²) in [6, 6.07) is 19.5. The summed E-state index contributed by atoms with van der Waals surface area (Å²) in [6.07, 6.45) is 1.45. The molecule has 1 N–H and O–H groups in total. The maximum atomic E-state index is 13.2. The average Bonchev–Trinajstić information content (AvgIpc) is 3.64. The van der Waals surface area contributed by atoms with Gasteiger partial charge in [-0.25, -0.2) is 0 Å². The van der Waals surface area contributed by atoms with Crippen molar-refractivity contribution in [1.29, 1.82) is 0 Å². The molecular formula is C27H27F2N7O3S. The van der Waals surface area contributed by atoms with E-state index in [1.165, 1.54) is 29.5 Å². The van der Waals surface area contributed by atoms with Crippen molar-refractivity contribution in [3.05, 3.63) is 77.9 Å². The molecule has 0 bridgehead atoms. The fraction of sp³-hybridized carbons (Fsp3) is 0.296. The number of ether oxygens (including phenoxy) is 2. The van der Waals surface area contributed by atoms with Gasteiger partial charge in [-0.1, -0.05) is 35.6 Å². The minimum atomic E-state index is -2.97. The second kappa shape index (κ2) is 12.7. The minimum Gasteiger partial charge on any atom is -0.435 e. The lowest BCUT2D eigenvalue weighted by molar-refractivity contribution is -0.127. The summed E-state index contributed by atoms with van der Waals surface area (Å²) in [5.41, 5.74) is 1.24. The van der Waals surface area contributed by atoms with Crippen LogP contribution in [0.2, 0.25) is 0 Å². The Hall–Kier alpha value is -4.23. The molecule has 1 fully saturated rings. The van der Waals surface area contributed by atoms with Gasteiger partial charge >= 0.3 is 6.61 Å². The van der Waals surface area contributed by atoms with Crippen LogP contribution in [0.5, 0.6) is 5.75 Å². The van der Waals surface area contributed by atoms with Gasteiger partial charge in [-0.3, -0.25) is 4.79 Å². The van der Waals surface area contributed by atoms with Crippen molar-refractivity contribution >= 4 is 39.6 Å². The Labute approximate surface area is 233 Å². The summed E-state index contributed by atoms with van der Waals surface area (Å²) < 4.78 is 35.4. The number of hydrogen-bond acceptors (Lipinski definition) is 10. The largest absolute Gasteiger partial charge is 0.435 e. The third-order valence-corrected chi connectivity index (χ3v) is 7.17. The summed E-state index contributed by atoms with van der Waals surface area (Å²) in [5.74, 6) is 0.247. The first-order valence-electron chi connectivity index (χ1n) is 12.7. The van der Waals surface area contributed by atoms with Crippen LogP contribution in [0.25, 0.3) is 0 Å². The zero-order valence-electron chi connectivity index (χ0n) is 21.6. The van der Waals surface area contributed by atoms with Gasteiger partial charge in [0.25, 0.3) is 5.91 Å². The molecule has 4 aromatic rings. The van der Waals surface area contributed by atoms with Crippen LogP contribution in [0.1, 0.15) is 24.5 Å². The standard InChI is InChI=1S/C27H27F2N7O3S/c1-2-38-23(24(37)31-18-8-6-11-21(16-18)39-26(28)29)25-33-34-27(40-25)36(19-9-4-3-5-10-19)20-13-15-35(17-20)22-12-7-14-30-32-22/h3-12,14,16,20,23,26H,2,13,15,17H2,1H3,(H,31,37)/t20-,23-/m1/s1. The number of carbonyl (C=O) groups is 1. The summed E-state index contributed by atoms with van der Waals surface area (Å²) in [5, 5.41) is 20.7. The summed E-state index contributed by atoms with van der Waals surface area (Å²) in [6.45, 7) is 0.558. The highest BCUT2D eigenvalue weighted by molar-refractivity contribution is 7.15. The van der Waals surface area contributed by atoms with Crippen LogP contribution in [-0.4, -0.2) is 58.7 Å². The zero-order valence-corrected chi connectivity index (χ0v) is 22.4. The minimum absolute atomic E-state index is 0.0652. The zero-order chi connectivity index (χ0) is 27.9. The van der Waals surface area contributed by atoms with Crippen molar-refractivity contribution in [1.82, 2.24) is 20.4 Å². The molecule has 0 spiro atoms. The molecule has 208 valence electrons. The van der Waals surface area contributed by atoms with Crippen LogP contribution in [0, 0.1) is 0 Å². The molecule has 0 saturated carbocycles. The second-order valence-electron chi connectivity index (χ2n) is 8.83. The molecule has 2 aromatic heterocycles. The molecule has 0 unspecified atom stereocenters. The third-order valence-electron chi connectivity index (χ3n) is 6.20. The number of aromatic nitrogens is 4. The lowest BCUT2D eigenvalue weighted by atomic mass is 10.2. The summed E-state index contributed by atoms with van der Waals surface area (Å²) in [4.78, 5) is 17.5. The highest BCUT2D eigenvalue weighted by Gasteiger charge is 2.33. The first-order chi connectivity index (χ1) is 19.5. The van der Waals surface area contributed by atoms with Gasteiger partial charge in [0.1, 0.15) is 5.75 Å². The van der Waals surface area contributed by atoms with E-state index in [4.69, 9.17) is 4.74 Å². The third kappa shape index (κ3) is 6.49. The number of nitrogens with one attached hydrogen (secondary N) is 1. The molecule has 1 aliphatic heterocycles. The number of hydrogen-bond donors (Lipinski definition) is 1. The SMILES string of the molecule is CCO[C@H](C(=O)Nc1cccc(OC(F)F)c1)c1nnc(N(c2ccccc2)[C@@H]2CCN(c3cccnn3)C2)s1. The molecule has 1 aliphatic rings. The number of rotatable bonds is 11. The van der Waals surface area contributed by atoms with Crippen molar-refractivity contribution in [3.8, 4) is 5.75 Å². The molecule has 0 aliphatic carbocycles. The highest BCUT2D eigenvalue weighted by Crippen LogP contribution is 2.36. The normalized spacial score (nSPS) is 15.7. The van der Waals surface area contributed by atoms with Gasteiger partial charge in [-0.05, 0) is 49.7 Å². The van der Waals surface area contributed by atoms with Gasteiger partial charge in [0.05, 0.1) is 6.04 Å². The Morgan fingerprint density at radius 1 is 1.12 bits per heavy atom. The maximum Gasteiger partial charge on any atom is 0.387 e. The van der Waals surface area contributed by atoms with E-state index < -0.39 is 18.6 Å². The molecule has 2 atom stereocenters. The molecule has 0 radical (unpaired) electrons. The van der Waals surface area contributed by atoms with Gasteiger partial charge in [0.15, 0.2) is 16.9 Å². The highest BCUT2D eigenvalue weighted by atomic mass is 32.1. The molecule has 10 nitrogen and oxygen atoms in total. The monoisotopic (exact) mass is 567 g/mol. The molecular weight excluding hydrogens is 540 g/mol. The van der Waals surface area contributed by atoms with E-state index in [0.29, 0.717) is 22.4 Å². The number of alkyl halides is 2. The number of para-hydroxylation sites is 1. The lowest BCUT2D eigenvalue weighted by Crippen LogP contribution is -2.34. The quantitative estimate of drug-likeness (QED) is 0.266. The topological polar surface area (TPSA) is 106 Å². The first kappa shape index (κ1) is 27.3. The Morgan fingerprint density at radius 3 is 2.73 bits per heavy atom. The molecule has 1 amide bonds.